The van der Waals surface area contributed by atoms with Crippen molar-refractivity contribution in [3.8, 4) is 0 Å². The molecule has 148 valence electrons. The number of carbonyl (C=O) groups is 2. The van der Waals surface area contributed by atoms with Crippen LogP contribution in [0.4, 0.5) is 5.69 Å². The lowest BCUT2D eigenvalue weighted by molar-refractivity contribution is -0.119. The highest BCUT2D eigenvalue weighted by atomic mass is 32.1. The third kappa shape index (κ3) is 7.12. The lowest BCUT2D eigenvalue weighted by atomic mass is 10.1. The molecule has 0 aromatic heterocycles. The molecule has 2 amide bonds. The number of benzene rings is 2. The number of hydrogen-bond acceptors (Lipinski definition) is 3. The van der Waals surface area contributed by atoms with Crippen LogP contribution < -0.4 is 16.0 Å². The predicted octanol–water partition coefficient (Wildman–Crippen LogP) is 4.57. The van der Waals surface area contributed by atoms with Crippen LogP contribution in [-0.4, -0.2) is 16.9 Å². The fourth-order valence-electron chi connectivity index (χ4n) is 2.70. The maximum atomic E-state index is 12.4. The smallest absolute Gasteiger partial charge is 0.251 e. The fourth-order valence-corrected chi connectivity index (χ4v) is 2.93. The SMILES string of the molecule is CCCCCC(=O)NC(=S)Nc1ccc(C(=O)NC(C)c2ccccc2)cc1. The van der Waals surface area contributed by atoms with E-state index in [1.807, 2.05) is 37.3 Å². The predicted molar refractivity (Wildman–Crippen MR) is 117 cm³/mol. The highest BCUT2D eigenvalue weighted by Gasteiger charge is 2.11. The van der Waals surface area contributed by atoms with Crippen LogP contribution in [0, 0.1) is 0 Å². The Labute approximate surface area is 171 Å². The zero-order valence-corrected chi connectivity index (χ0v) is 17.1. The summed E-state index contributed by atoms with van der Waals surface area (Å²) >= 11 is 5.16. The maximum Gasteiger partial charge on any atom is 0.251 e. The number of unbranched alkanes of at least 4 members (excludes halogenated alkanes) is 2. The van der Waals surface area contributed by atoms with Gasteiger partial charge in [0.25, 0.3) is 5.91 Å². The fraction of sp³-hybridized carbons (Fsp3) is 0.318. The van der Waals surface area contributed by atoms with Gasteiger partial charge < -0.3 is 16.0 Å². The van der Waals surface area contributed by atoms with Crippen molar-refractivity contribution in [3.05, 3.63) is 65.7 Å². The quantitative estimate of drug-likeness (QED) is 0.451. The summed E-state index contributed by atoms with van der Waals surface area (Å²) in [6.45, 7) is 4.04. The Morgan fingerprint density at radius 2 is 1.68 bits per heavy atom. The van der Waals surface area contributed by atoms with Gasteiger partial charge in [-0.2, -0.15) is 0 Å². The summed E-state index contributed by atoms with van der Waals surface area (Å²) < 4.78 is 0. The number of rotatable bonds is 8. The highest BCUT2D eigenvalue weighted by molar-refractivity contribution is 7.80. The van der Waals surface area contributed by atoms with E-state index in [2.05, 4.69) is 22.9 Å². The normalized spacial score (nSPS) is 11.4. The van der Waals surface area contributed by atoms with E-state index >= 15 is 0 Å². The Bertz CT molecular complexity index is 791. The second-order valence-corrected chi connectivity index (χ2v) is 7.05. The van der Waals surface area contributed by atoms with E-state index < -0.39 is 0 Å². The molecule has 0 saturated heterocycles. The summed E-state index contributed by atoms with van der Waals surface area (Å²) in [6.07, 6.45) is 3.42. The first-order valence-electron chi connectivity index (χ1n) is 9.56. The monoisotopic (exact) mass is 397 g/mol. The first-order valence-corrected chi connectivity index (χ1v) is 9.97. The number of hydrogen-bond donors (Lipinski definition) is 3. The summed E-state index contributed by atoms with van der Waals surface area (Å²) in [5, 5.41) is 8.88. The molecule has 1 atom stereocenters. The molecule has 2 aromatic carbocycles. The van der Waals surface area contributed by atoms with E-state index in [-0.39, 0.29) is 23.0 Å². The Kier molecular flexibility index (Phi) is 8.62. The molecule has 6 heteroatoms. The molecule has 0 bridgehead atoms. The van der Waals surface area contributed by atoms with Crippen LogP contribution in [0.5, 0.6) is 0 Å². The van der Waals surface area contributed by atoms with Gasteiger partial charge in [-0.1, -0.05) is 50.1 Å². The van der Waals surface area contributed by atoms with Gasteiger partial charge in [0.2, 0.25) is 5.91 Å². The first-order chi connectivity index (χ1) is 13.5. The van der Waals surface area contributed by atoms with E-state index in [9.17, 15) is 9.59 Å². The van der Waals surface area contributed by atoms with Crippen molar-refractivity contribution < 1.29 is 9.59 Å². The molecule has 3 N–H and O–H groups in total. The third-order valence-corrected chi connectivity index (χ3v) is 4.52. The second-order valence-electron chi connectivity index (χ2n) is 6.64. The summed E-state index contributed by atoms with van der Waals surface area (Å²) in [4.78, 5) is 24.2. The maximum absolute atomic E-state index is 12.4. The van der Waals surface area contributed by atoms with Gasteiger partial charge in [0.15, 0.2) is 5.11 Å². The lowest BCUT2D eigenvalue weighted by Gasteiger charge is -2.15. The van der Waals surface area contributed by atoms with Crippen molar-refractivity contribution in [1.82, 2.24) is 10.6 Å². The van der Waals surface area contributed by atoms with Crippen molar-refractivity contribution in [2.45, 2.75) is 45.6 Å². The average molecular weight is 398 g/mol. The van der Waals surface area contributed by atoms with Gasteiger partial charge in [-0.15, -0.1) is 0 Å². The van der Waals surface area contributed by atoms with Gasteiger partial charge in [-0.05, 0) is 55.4 Å². The molecule has 0 spiro atoms. The molecule has 0 aliphatic heterocycles. The molecule has 0 aliphatic carbocycles. The van der Waals surface area contributed by atoms with Gasteiger partial charge in [0.1, 0.15) is 0 Å². The van der Waals surface area contributed by atoms with Crippen molar-refractivity contribution in [3.63, 3.8) is 0 Å². The van der Waals surface area contributed by atoms with Crippen molar-refractivity contribution in [2.75, 3.05) is 5.32 Å². The van der Waals surface area contributed by atoms with E-state index in [1.165, 1.54) is 0 Å². The van der Waals surface area contributed by atoms with Gasteiger partial charge in [0.05, 0.1) is 6.04 Å². The molecule has 28 heavy (non-hydrogen) atoms. The molecule has 0 heterocycles. The summed E-state index contributed by atoms with van der Waals surface area (Å²) in [6, 6.07) is 16.7. The molecular formula is C22H27N3O2S. The molecule has 0 saturated carbocycles. The summed E-state index contributed by atoms with van der Waals surface area (Å²) in [7, 11) is 0. The Morgan fingerprint density at radius 3 is 2.32 bits per heavy atom. The van der Waals surface area contributed by atoms with Crippen LogP contribution in [-0.2, 0) is 4.79 Å². The minimum absolute atomic E-state index is 0.0815. The molecule has 0 aliphatic rings. The Hall–Kier alpha value is -2.73. The molecular weight excluding hydrogens is 370 g/mol. The standard InChI is InChI=1S/C22H27N3O2S/c1-3-4-6-11-20(26)25-22(28)24-19-14-12-18(13-15-19)21(27)23-16(2)17-9-7-5-8-10-17/h5,7-10,12-16H,3-4,6,11H2,1-2H3,(H,23,27)(H2,24,25,26,28). The van der Waals surface area contributed by atoms with Gasteiger partial charge in [-0.3, -0.25) is 9.59 Å². The number of carbonyl (C=O) groups excluding carboxylic acids is 2. The van der Waals surface area contributed by atoms with E-state index in [4.69, 9.17) is 12.2 Å². The number of anilines is 1. The zero-order chi connectivity index (χ0) is 20.4. The Morgan fingerprint density at radius 1 is 1.00 bits per heavy atom. The molecule has 0 fully saturated rings. The minimum atomic E-state index is -0.144. The van der Waals surface area contributed by atoms with Crippen molar-refractivity contribution in [2.24, 2.45) is 0 Å². The molecule has 2 aromatic rings. The van der Waals surface area contributed by atoms with Gasteiger partial charge in [0, 0.05) is 17.7 Å². The minimum Gasteiger partial charge on any atom is -0.346 e. The number of amides is 2. The van der Waals surface area contributed by atoms with Crippen LogP contribution in [0.3, 0.4) is 0 Å². The van der Waals surface area contributed by atoms with Crippen molar-refractivity contribution in [1.29, 1.82) is 0 Å². The third-order valence-electron chi connectivity index (χ3n) is 4.31. The molecule has 5 nitrogen and oxygen atoms in total. The van der Waals surface area contributed by atoms with Crippen LogP contribution in [0.2, 0.25) is 0 Å². The van der Waals surface area contributed by atoms with E-state index in [0.717, 1.165) is 24.8 Å². The average Bonchev–Trinajstić information content (AvgIpc) is 2.69. The Balaban J connectivity index is 1.84. The van der Waals surface area contributed by atoms with Gasteiger partial charge in [-0.25, -0.2) is 0 Å². The molecule has 0 radical (unpaired) electrons. The second kappa shape index (κ2) is 11.2. The van der Waals surface area contributed by atoms with Gasteiger partial charge >= 0.3 is 0 Å². The van der Waals surface area contributed by atoms with Crippen LogP contribution in [0.25, 0.3) is 0 Å². The van der Waals surface area contributed by atoms with Crippen LogP contribution in [0.15, 0.2) is 54.6 Å². The van der Waals surface area contributed by atoms with E-state index in [0.29, 0.717) is 17.7 Å². The largest absolute Gasteiger partial charge is 0.346 e. The number of nitrogens with one attached hydrogen (secondary N) is 3. The molecule has 2 rings (SSSR count). The molecule has 1 unspecified atom stereocenters. The highest BCUT2D eigenvalue weighted by Crippen LogP contribution is 2.14. The summed E-state index contributed by atoms with van der Waals surface area (Å²) in [5.41, 5.74) is 2.32. The number of thiocarbonyl (C=S) groups is 1. The zero-order valence-electron chi connectivity index (χ0n) is 16.3. The first kappa shape index (κ1) is 21.6. The lowest BCUT2D eigenvalue weighted by Crippen LogP contribution is -2.33. The van der Waals surface area contributed by atoms with Crippen LogP contribution >= 0.6 is 12.2 Å². The van der Waals surface area contributed by atoms with Crippen molar-refractivity contribution >= 4 is 34.8 Å². The van der Waals surface area contributed by atoms with Crippen LogP contribution in [0.1, 0.15) is 61.5 Å². The summed E-state index contributed by atoms with van der Waals surface area (Å²) in [5.74, 6) is -0.230. The van der Waals surface area contributed by atoms with E-state index in [1.54, 1.807) is 24.3 Å². The topological polar surface area (TPSA) is 70.2 Å².